The molecule has 0 saturated carbocycles. The molecule has 4 rings (SSSR count). The Morgan fingerprint density at radius 1 is 1.03 bits per heavy atom. The molecule has 0 bridgehead atoms. The van der Waals surface area contributed by atoms with Gasteiger partial charge in [0.25, 0.3) is 10.0 Å². The summed E-state index contributed by atoms with van der Waals surface area (Å²) >= 11 is 7.23. The number of methoxy groups -OCH3 is 1. The number of para-hydroxylation sites is 2. The summed E-state index contributed by atoms with van der Waals surface area (Å²) < 4.78 is 33.6. The van der Waals surface area contributed by atoms with E-state index in [0.717, 1.165) is 11.3 Å². The zero-order chi connectivity index (χ0) is 22.6. The van der Waals surface area contributed by atoms with Gasteiger partial charge in [0.05, 0.1) is 23.4 Å². The Balaban J connectivity index is 1.60. The summed E-state index contributed by atoms with van der Waals surface area (Å²) in [7, 11) is -2.18. The Morgan fingerprint density at radius 3 is 2.53 bits per heavy atom. The lowest BCUT2D eigenvalue weighted by Gasteiger charge is -2.11. The fraction of sp³-hybridized carbons (Fsp3) is 0.0435. The smallest absolute Gasteiger partial charge is 0.261 e. The molecule has 3 aromatic carbocycles. The van der Waals surface area contributed by atoms with Gasteiger partial charge in [0.15, 0.2) is 0 Å². The lowest BCUT2D eigenvalue weighted by Crippen LogP contribution is -2.13. The van der Waals surface area contributed by atoms with E-state index in [9.17, 15) is 8.42 Å². The van der Waals surface area contributed by atoms with E-state index in [1.54, 1.807) is 25.5 Å². The molecule has 4 aromatic rings. The van der Waals surface area contributed by atoms with Crippen molar-refractivity contribution in [3.8, 4) is 17.0 Å². The van der Waals surface area contributed by atoms with E-state index in [-0.39, 0.29) is 4.90 Å². The maximum atomic E-state index is 12.8. The van der Waals surface area contributed by atoms with Gasteiger partial charge in [-0.3, -0.25) is 4.72 Å². The first-order chi connectivity index (χ1) is 15.5. The monoisotopic (exact) mass is 483 g/mol. The second-order valence-corrected chi connectivity index (χ2v) is 9.58. The van der Waals surface area contributed by atoms with E-state index in [1.165, 1.54) is 35.6 Å². The second kappa shape index (κ2) is 9.52. The number of hydrogen-bond donors (Lipinski definition) is 1. The van der Waals surface area contributed by atoms with E-state index in [1.807, 2.05) is 41.8 Å². The number of nitrogens with one attached hydrogen (secondary N) is 1. The first kappa shape index (κ1) is 22.0. The molecule has 0 spiro atoms. The summed E-state index contributed by atoms with van der Waals surface area (Å²) in [4.78, 5) is 9.12. The van der Waals surface area contributed by atoms with E-state index in [0.29, 0.717) is 27.1 Å². The fourth-order valence-corrected chi connectivity index (χ4v) is 4.83. The van der Waals surface area contributed by atoms with Crippen molar-refractivity contribution in [1.82, 2.24) is 4.98 Å². The van der Waals surface area contributed by atoms with Gasteiger partial charge in [-0.15, -0.1) is 11.3 Å². The summed E-state index contributed by atoms with van der Waals surface area (Å²) in [5.41, 5.74) is 2.53. The topological polar surface area (TPSA) is 80.7 Å². The minimum absolute atomic E-state index is 0.122. The number of aliphatic imine (C=N–C) groups is 1. The summed E-state index contributed by atoms with van der Waals surface area (Å²) in [5, 5.41) is 2.85. The first-order valence-corrected chi connectivity index (χ1v) is 12.2. The van der Waals surface area contributed by atoms with E-state index >= 15 is 0 Å². The quantitative estimate of drug-likeness (QED) is 0.326. The predicted molar refractivity (Wildman–Crippen MR) is 130 cm³/mol. The predicted octanol–water partition coefficient (Wildman–Crippen LogP) is 6.02. The van der Waals surface area contributed by atoms with E-state index < -0.39 is 10.0 Å². The standard InChI is InChI=1S/C23H18ClN3O3S2/c1-30-22-9-5-2-6-16(22)14-25-23-26-21(15-31-23)19-7-3-4-8-20(19)27-32(28,29)18-12-10-17(24)11-13-18/h2-15,27H,1H3/b25-14+. The highest BCUT2D eigenvalue weighted by atomic mass is 35.5. The number of hydrogen-bond acceptors (Lipinski definition) is 6. The summed E-state index contributed by atoms with van der Waals surface area (Å²) in [6.45, 7) is 0. The van der Waals surface area contributed by atoms with Crippen LogP contribution < -0.4 is 9.46 Å². The fourth-order valence-electron chi connectivity index (χ4n) is 2.96. The van der Waals surface area contributed by atoms with Gasteiger partial charge in [0.2, 0.25) is 5.13 Å². The average molecular weight is 484 g/mol. The van der Waals surface area contributed by atoms with Crippen LogP contribution >= 0.6 is 22.9 Å². The minimum Gasteiger partial charge on any atom is -0.496 e. The number of thiazole rings is 1. The van der Waals surface area contributed by atoms with Crippen LogP contribution in [0.15, 0.2) is 88.1 Å². The van der Waals surface area contributed by atoms with Crippen molar-refractivity contribution in [3.63, 3.8) is 0 Å². The van der Waals surface area contributed by atoms with Crippen LogP contribution in [0.4, 0.5) is 10.8 Å². The normalized spacial score (nSPS) is 11.6. The lowest BCUT2D eigenvalue weighted by atomic mass is 10.1. The zero-order valence-corrected chi connectivity index (χ0v) is 19.3. The Bertz CT molecular complexity index is 1370. The van der Waals surface area contributed by atoms with Crippen LogP contribution in [0, 0.1) is 0 Å². The molecule has 0 unspecified atom stereocenters. The molecule has 1 aromatic heterocycles. The third-order valence-corrected chi connectivity index (χ3v) is 6.90. The number of halogens is 1. The van der Waals surface area contributed by atoms with Crippen LogP contribution in [0.1, 0.15) is 5.56 Å². The van der Waals surface area contributed by atoms with Crippen LogP contribution in [0.3, 0.4) is 0 Å². The van der Waals surface area contributed by atoms with Crippen LogP contribution in [0.5, 0.6) is 5.75 Å². The van der Waals surface area contributed by atoms with Crippen molar-refractivity contribution in [2.45, 2.75) is 4.90 Å². The highest BCUT2D eigenvalue weighted by molar-refractivity contribution is 7.92. The van der Waals surface area contributed by atoms with Gasteiger partial charge >= 0.3 is 0 Å². The third kappa shape index (κ3) is 4.99. The van der Waals surface area contributed by atoms with Crippen molar-refractivity contribution < 1.29 is 13.2 Å². The number of aromatic nitrogens is 1. The van der Waals surface area contributed by atoms with Gasteiger partial charge < -0.3 is 4.74 Å². The number of benzene rings is 3. The molecule has 0 aliphatic carbocycles. The molecule has 0 saturated heterocycles. The molecule has 0 amide bonds. The van der Waals surface area contributed by atoms with Gasteiger partial charge in [0.1, 0.15) is 5.75 Å². The molecule has 6 nitrogen and oxygen atoms in total. The van der Waals surface area contributed by atoms with Gasteiger partial charge in [-0.2, -0.15) is 0 Å². The van der Waals surface area contributed by atoms with Gasteiger partial charge in [-0.1, -0.05) is 41.9 Å². The maximum absolute atomic E-state index is 12.8. The largest absolute Gasteiger partial charge is 0.496 e. The molecule has 0 aliphatic rings. The summed E-state index contributed by atoms with van der Waals surface area (Å²) in [6.07, 6.45) is 1.69. The Kier molecular flexibility index (Phi) is 6.55. The van der Waals surface area contributed by atoms with Crippen LogP contribution in [0.2, 0.25) is 5.02 Å². The molecule has 1 heterocycles. The Hall–Kier alpha value is -3.20. The average Bonchev–Trinajstić information content (AvgIpc) is 3.27. The Labute approximate surface area is 195 Å². The molecule has 9 heteroatoms. The first-order valence-electron chi connectivity index (χ1n) is 9.47. The number of ether oxygens (including phenoxy) is 1. The summed E-state index contributed by atoms with van der Waals surface area (Å²) in [5.74, 6) is 0.718. The van der Waals surface area contributed by atoms with Gasteiger partial charge in [0, 0.05) is 27.7 Å². The van der Waals surface area contributed by atoms with Crippen molar-refractivity contribution in [1.29, 1.82) is 0 Å². The lowest BCUT2D eigenvalue weighted by molar-refractivity contribution is 0.414. The SMILES string of the molecule is COc1ccccc1/C=N/c1nc(-c2ccccc2NS(=O)(=O)c2ccc(Cl)cc2)cs1. The second-order valence-electron chi connectivity index (χ2n) is 6.62. The third-order valence-electron chi connectivity index (χ3n) is 4.52. The van der Waals surface area contributed by atoms with Crippen molar-refractivity contribution >= 4 is 50.0 Å². The van der Waals surface area contributed by atoms with Crippen molar-refractivity contribution in [2.24, 2.45) is 4.99 Å². The molecule has 0 fully saturated rings. The number of anilines is 1. The molecule has 162 valence electrons. The van der Waals surface area contributed by atoms with E-state index in [4.69, 9.17) is 16.3 Å². The summed E-state index contributed by atoms with van der Waals surface area (Å²) in [6, 6.07) is 20.6. The molecule has 0 radical (unpaired) electrons. The van der Waals surface area contributed by atoms with Crippen LogP contribution in [-0.4, -0.2) is 26.7 Å². The van der Waals surface area contributed by atoms with Gasteiger partial charge in [-0.05, 0) is 42.5 Å². The van der Waals surface area contributed by atoms with E-state index in [2.05, 4.69) is 14.7 Å². The molecule has 0 aliphatic heterocycles. The van der Waals surface area contributed by atoms with Gasteiger partial charge in [-0.25, -0.2) is 18.4 Å². The van der Waals surface area contributed by atoms with Crippen LogP contribution in [0.25, 0.3) is 11.3 Å². The molecular formula is C23H18ClN3O3S2. The molecule has 1 N–H and O–H groups in total. The minimum atomic E-state index is -3.78. The van der Waals surface area contributed by atoms with Crippen molar-refractivity contribution in [2.75, 3.05) is 11.8 Å². The number of nitrogens with zero attached hydrogens (tertiary/aromatic N) is 2. The number of rotatable bonds is 7. The number of sulfonamides is 1. The highest BCUT2D eigenvalue weighted by Gasteiger charge is 2.17. The van der Waals surface area contributed by atoms with Crippen LogP contribution in [-0.2, 0) is 10.0 Å². The Morgan fingerprint density at radius 2 is 1.75 bits per heavy atom. The molecule has 32 heavy (non-hydrogen) atoms. The highest BCUT2D eigenvalue weighted by Crippen LogP contribution is 2.33. The zero-order valence-electron chi connectivity index (χ0n) is 16.9. The van der Waals surface area contributed by atoms with Crippen molar-refractivity contribution in [3.05, 3.63) is 88.8 Å². The maximum Gasteiger partial charge on any atom is 0.261 e. The molecular weight excluding hydrogens is 466 g/mol. The molecule has 0 atom stereocenters.